The molecule has 8 heavy (non-hydrogen) atoms. The second-order valence-electron chi connectivity index (χ2n) is 2.14. The molecule has 0 fully saturated rings. The van der Waals surface area contributed by atoms with E-state index < -0.39 is 5.66 Å². The van der Waals surface area contributed by atoms with Crippen molar-refractivity contribution in [2.75, 3.05) is 13.2 Å². The van der Waals surface area contributed by atoms with Crippen molar-refractivity contribution in [3.8, 4) is 0 Å². The number of rotatable bonds is 3. The number of hydrogen-bond acceptors (Lipinski definition) is 3. The van der Waals surface area contributed by atoms with Gasteiger partial charge >= 0.3 is 0 Å². The molecule has 0 atom stereocenters. The fourth-order valence-corrected chi connectivity index (χ4v) is 0.322. The molecule has 0 aromatic heterocycles. The van der Waals surface area contributed by atoms with Crippen LogP contribution in [0.4, 0.5) is 0 Å². The van der Waals surface area contributed by atoms with Gasteiger partial charge in [0.2, 0.25) is 0 Å². The Morgan fingerprint density at radius 2 is 2.00 bits per heavy atom. The summed E-state index contributed by atoms with van der Waals surface area (Å²) in [4.78, 5) is 0. The Hall–Kier alpha value is -0.120. The highest BCUT2D eigenvalue weighted by molar-refractivity contribution is 4.67. The van der Waals surface area contributed by atoms with E-state index in [1.807, 2.05) is 6.92 Å². The van der Waals surface area contributed by atoms with Crippen LogP contribution >= 0.6 is 0 Å². The van der Waals surface area contributed by atoms with E-state index in [2.05, 4.69) is 0 Å². The third kappa shape index (κ3) is 5.88. The highest BCUT2D eigenvalue weighted by Gasteiger charge is 2.08. The predicted molar refractivity (Wildman–Crippen MR) is 33.3 cm³/mol. The molecule has 0 radical (unpaired) electrons. The molecular weight excluding hydrogens is 104 g/mol. The van der Waals surface area contributed by atoms with Crippen LogP contribution in [0.15, 0.2) is 0 Å². The Bertz CT molecular complexity index is 57.9. The molecule has 0 aromatic carbocycles. The molecule has 0 spiro atoms. The molecule has 0 rings (SSSR count). The first-order valence-electron chi connectivity index (χ1n) is 2.72. The van der Waals surface area contributed by atoms with E-state index >= 15 is 0 Å². The molecule has 0 heterocycles. The molecule has 0 aliphatic carbocycles. The van der Waals surface area contributed by atoms with Gasteiger partial charge in [0.05, 0.1) is 12.3 Å². The van der Waals surface area contributed by atoms with E-state index in [1.165, 1.54) is 0 Å². The van der Waals surface area contributed by atoms with Gasteiger partial charge in [-0.05, 0) is 13.8 Å². The second kappa shape index (κ2) is 3.02. The highest BCUT2D eigenvalue weighted by Crippen LogP contribution is 1.86. The summed E-state index contributed by atoms with van der Waals surface area (Å²) in [6, 6.07) is 0. The van der Waals surface area contributed by atoms with Crippen molar-refractivity contribution in [2.24, 2.45) is 11.5 Å². The molecule has 0 saturated carbocycles. The molecule has 3 nitrogen and oxygen atoms in total. The largest absolute Gasteiger partial charge is 0.378 e. The topological polar surface area (TPSA) is 61.3 Å². The van der Waals surface area contributed by atoms with Gasteiger partial charge < -0.3 is 16.2 Å². The first-order valence-corrected chi connectivity index (χ1v) is 2.72. The van der Waals surface area contributed by atoms with Crippen LogP contribution in [0, 0.1) is 0 Å². The standard InChI is InChI=1S/C5H14N2O/c1-3-8-4-5(2,6)7/h3-4,6-7H2,1-2H3. The maximum Gasteiger partial charge on any atom is 0.0848 e. The molecule has 0 bridgehead atoms. The zero-order valence-corrected chi connectivity index (χ0v) is 5.48. The minimum absolute atomic E-state index is 0.420. The van der Waals surface area contributed by atoms with Gasteiger partial charge in [-0.15, -0.1) is 0 Å². The average Bonchev–Trinajstić information content (AvgIpc) is 1.59. The Balaban J connectivity index is 3.11. The second-order valence-corrected chi connectivity index (χ2v) is 2.14. The Labute approximate surface area is 50.0 Å². The van der Waals surface area contributed by atoms with Gasteiger partial charge in [-0.2, -0.15) is 0 Å². The van der Waals surface area contributed by atoms with Gasteiger partial charge in [-0.25, -0.2) is 0 Å². The van der Waals surface area contributed by atoms with E-state index in [-0.39, 0.29) is 0 Å². The molecule has 4 N–H and O–H groups in total. The van der Waals surface area contributed by atoms with Crippen LogP contribution in [0.25, 0.3) is 0 Å². The lowest BCUT2D eigenvalue weighted by Crippen LogP contribution is -2.50. The van der Waals surface area contributed by atoms with Crippen molar-refractivity contribution in [3.63, 3.8) is 0 Å². The van der Waals surface area contributed by atoms with E-state index in [9.17, 15) is 0 Å². The predicted octanol–water partition coefficient (Wildman–Crippen LogP) is -0.343. The summed E-state index contributed by atoms with van der Waals surface area (Å²) >= 11 is 0. The van der Waals surface area contributed by atoms with E-state index in [4.69, 9.17) is 16.2 Å². The minimum Gasteiger partial charge on any atom is -0.378 e. The van der Waals surface area contributed by atoms with E-state index in [0.29, 0.717) is 13.2 Å². The van der Waals surface area contributed by atoms with Crippen molar-refractivity contribution in [3.05, 3.63) is 0 Å². The monoisotopic (exact) mass is 118 g/mol. The summed E-state index contributed by atoms with van der Waals surface area (Å²) in [7, 11) is 0. The first kappa shape index (κ1) is 7.88. The summed E-state index contributed by atoms with van der Waals surface area (Å²) in [5.74, 6) is 0. The fourth-order valence-electron chi connectivity index (χ4n) is 0.322. The lowest BCUT2D eigenvalue weighted by atomic mass is 10.3. The van der Waals surface area contributed by atoms with Gasteiger partial charge in [0.1, 0.15) is 0 Å². The van der Waals surface area contributed by atoms with Crippen molar-refractivity contribution < 1.29 is 4.74 Å². The van der Waals surface area contributed by atoms with Crippen LogP contribution < -0.4 is 11.5 Å². The van der Waals surface area contributed by atoms with Gasteiger partial charge in [0.15, 0.2) is 0 Å². The summed E-state index contributed by atoms with van der Waals surface area (Å²) < 4.78 is 4.95. The highest BCUT2D eigenvalue weighted by atomic mass is 16.5. The fraction of sp³-hybridized carbons (Fsp3) is 1.00. The maximum atomic E-state index is 5.37. The van der Waals surface area contributed by atoms with Crippen LogP contribution in [0.3, 0.4) is 0 Å². The molecule has 50 valence electrons. The maximum absolute atomic E-state index is 5.37. The first-order chi connectivity index (χ1) is 3.56. The average molecular weight is 118 g/mol. The normalized spacial score (nSPS) is 12.0. The van der Waals surface area contributed by atoms with Gasteiger partial charge in [-0.3, -0.25) is 0 Å². The zero-order valence-electron chi connectivity index (χ0n) is 5.48. The lowest BCUT2D eigenvalue weighted by molar-refractivity contribution is 0.104. The van der Waals surface area contributed by atoms with Crippen LogP contribution in [0.2, 0.25) is 0 Å². The molecule has 0 aromatic rings. The van der Waals surface area contributed by atoms with Crippen LogP contribution in [0.1, 0.15) is 13.8 Å². The van der Waals surface area contributed by atoms with E-state index in [1.54, 1.807) is 6.92 Å². The molecule has 0 aliphatic heterocycles. The van der Waals surface area contributed by atoms with Gasteiger partial charge in [0.25, 0.3) is 0 Å². The Kier molecular flexibility index (Phi) is 2.97. The number of nitrogens with two attached hydrogens (primary N) is 2. The molecule has 3 heteroatoms. The van der Waals surface area contributed by atoms with Crippen molar-refractivity contribution >= 4 is 0 Å². The summed E-state index contributed by atoms with van der Waals surface area (Å²) in [5.41, 5.74) is 10.1. The summed E-state index contributed by atoms with van der Waals surface area (Å²) in [6.45, 7) is 4.72. The molecule has 0 unspecified atom stereocenters. The zero-order chi connectivity index (χ0) is 6.62. The van der Waals surface area contributed by atoms with E-state index in [0.717, 1.165) is 0 Å². The van der Waals surface area contributed by atoms with Crippen LogP contribution in [0.5, 0.6) is 0 Å². The molecule has 0 amide bonds. The third-order valence-corrected chi connectivity index (χ3v) is 0.617. The quantitative estimate of drug-likeness (QED) is 0.498. The Morgan fingerprint density at radius 3 is 2.12 bits per heavy atom. The Morgan fingerprint density at radius 1 is 1.50 bits per heavy atom. The van der Waals surface area contributed by atoms with Gasteiger partial charge in [0, 0.05) is 6.61 Å². The number of hydrogen-bond donors (Lipinski definition) is 2. The smallest absolute Gasteiger partial charge is 0.0848 e. The molecule has 0 saturated heterocycles. The lowest BCUT2D eigenvalue weighted by Gasteiger charge is -2.17. The minimum atomic E-state index is -0.671. The molecular formula is C5H14N2O. The molecule has 0 aliphatic rings. The summed E-state index contributed by atoms with van der Waals surface area (Å²) in [6.07, 6.45) is 0. The van der Waals surface area contributed by atoms with Crippen LogP contribution in [-0.4, -0.2) is 18.9 Å². The van der Waals surface area contributed by atoms with Crippen molar-refractivity contribution in [1.29, 1.82) is 0 Å². The van der Waals surface area contributed by atoms with Crippen molar-refractivity contribution in [1.82, 2.24) is 0 Å². The van der Waals surface area contributed by atoms with Crippen molar-refractivity contribution in [2.45, 2.75) is 19.5 Å². The van der Waals surface area contributed by atoms with Crippen LogP contribution in [-0.2, 0) is 4.74 Å². The van der Waals surface area contributed by atoms with Gasteiger partial charge in [-0.1, -0.05) is 0 Å². The SMILES string of the molecule is CCOCC(C)(N)N. The third-order valence-electron chi connectivity index (χ3n) is 0.617. The summed E-state index contributed by atoms with van der Waals surface area (Å²) in [5, 5.41) is 0. The number of ether oxygens (including phenoxy) is 1.